The van der Waals surface area contributed by atoms with Gasteiger partial charge in [-0.25, -0.2) is 0 Å². The molecule has 1 amide bonds. The second-order valence-electron chi connectivity index (χ2n) is 2.59. The van der Waals surface area contributed by atoms with Crippen molar-refractivity contribution in [3.8, 4) is 0 Å². The first-order valence-electron chi connectivity index (χ1n) is 3.90. The van der Waals surface area contributed by atoms with Crippen molar-refractivity contribution in [2.75, 3.05) is 18.6 Å². The maximum Gasteiger partial charge on any atom is 0.234 e. The monoisotopic (exact) mass is 192 g/mol. The Kier molecular flexibility index (Phi) is 5.92. The van der Waals surface area contributed by atoms with Gasteiger partial charge in [0.25, 0.3) is 0 Å². The average Bonchev–Trinajstić information content (AvgIpc) is 1.96. The Balaban J connectivity index is 3.59. The van der Waals surface area contributed by atoms with Crippen LogP contribution in [-0.4, -0.2) is 34.7 Å². The number of carbonyl (C=O) groups is 1. The maximum absolute atomic E-state index is 10.7. The first-order valence-corrected chi connectivity index (χ1v) is 5.63. The van der Waals surface area contributed by atoms with Crippen molar-refractivity contribution in [2.24, 2.45) is 5.73 Å². The third-order valence-electron chi connectivity index (χ3n) is 1.53. The highest BCUT2D eigenvalue weighted by Crippen LogP contribution is 1.88. The highest BCUT2D eigenvalue weighted by atomic mass is 32.2. The minimum absolute atomic E-state index is 0.284. The van der Waals surface area contributed by atoms with Crippen molar-refractivity contribution < 1.29 is 9.00 Å². The SMILES string of the molecule is CCC(NCCS(C)=O)C(N)=O. The van der Waals surface area contributed by atoms with Crippen LogP contribution in [0.2, 0.25) is 0 Å². The summed E-state index contributed by atoms with van der Waals surface area (Å²) in [7, 11) is -0.812. The fourth-order valence-corrected chi connectivity index (χ4v) is 1.23. The quantitative estimate of drug-likeness (QED) is 0.580. The Morgan fingerprint density at radius 3 is 2.58 bits per heavy atom. The standard InChI is InChI=1S/C7H16N2O2S/c1-3-6(7(8)10)9-4-5-12(2)11/h6,9H,3-5H2,1-2H3,(H2,8,10). The molecule has 2 unspecified atom stereocenters. The molecule has 4 nitrogen and oxygen atoms in total. The van der Waals surface area contributed by atoms with Gasteiger partial charge in [-0.05, 0) is 6.42 Å². The van der Waals surface area contributed by atoms with Gasteiger partial charge in [0.05, 0.1) is 6.04 Å². The molecule has 3 N–H and O–H groups in total. The van der Waals surface area contributed by atoms with Crippen LogP contribution in [0.3, 0.4) is 0 Å². The van der Waals surface area contributed by atoms with Crippen molar-refractivity contribution in [1.29, 1.82) is 0 Å². The number of primary amides is 1. The van der Waals surface area contributed by atoms with Crippen LogP contribution in [0, 0.1) is 0 Å². The van der Waals surface area contributed by atoms with E-state index in [0.29, 0.717) is 18.7 Å². The summed E-state index contributed by atoms with van der Waals surface area (Å²) in [6.07, 6.45) is 2.30. The maximum atomic E-state index is 10.7. The minimum Gasteiger partial charge on any atom is -0.368 e. The Morgan fingerprint density at radius 1 is 1.67 bits per heavy atom. The molecule has 0 aromatic rings. The van der Waals surface area contributed by atoms with Crippen LogP contribution in [0.15, 0.2) is 0 Å². The molecule has 0 rings (SSSR count). The number of hydrogen-bond donors (Lipinski definition) is 2. The number of hydrogen-bond acceptors (Lipinski definition) is 3. The Morgan fingerprint density at radius 2 is 2.25 bits per heavy atom. The van der Waals surface area contributed by atoms with Gasteiger partial charge in [0.15, 0.2) is 0 Å². The molecule has 0 bridgehead atoms. The van der Waals surface area contributed by atoms with Crippen LogP contribution in [0.1, 0.15) is 13.3 Å². The molecule has 0 aliphatic carbocycles. The third-order valence-corrected chi connectivity index (χ3v) is 2.31. The van der Waals surface area contributed by atoms with Crippen LogP contribution in [0.25, 0.3) is 0 Å². The normalized spacial score (nSPS) is 15.5. The molecule has 0 heterocycles. The van der Waals surface area contributed by atoms with Crippen LogP contribution < -0.4 is 11.1 Å². The fraction of sp³-hybridized carbons (Fsp3) is 0.857. The summed E-state index contributed by atoms with van der Waals surface area (Å²) in [5.74, 6) is 0.212. The molecule has 0 fully saturated rings. The van der Waals surface area contributed by atoms with E-state index >= 15 is 0 Å². The zero-order valence-corrected chi connectivity index (χ0v) is 8.32. The van der Waals surface area contributed by atoms with Crippen LogP contribution in [0.5, 0.6) is 0 Å². The lowest BCUT2D eigenvalue weighted by Gasteiger charge is -2.11. The van der Waals surface area contributed by atoms with Gasteiger partial charge in [0.2, 0.25) is 5.91 Å². The van der Waals surface area contributed by atoms with Crippen molar-refractivity contribution >= 4 is 16.7 Å². The number of carbonyl (C=O) groups excluding carboxylic acids is 1. The van der Waals surface area contributed by atoms with Crippen LogP contribution >= 0.6 is 0 Å². The van der Waals surface area contributed by atoms with E-state index < -0.39 is 10.8 Å². The first kappa shape index (κ1) is 11.6. The van der Waals surface area contributed by atoms with Gasteiger partial charge in [-0.2, -0.15) is 0 Å². The lowest BCUT2D eigenvalue weighted by Crippen LogP contribution is -2.42. The smallest absolute Gasteiger partial charge is 0.234 e. The van der Waals surface area contributed by atoms with E-state index in [1.54, 1.807) is 6.26 Å². The summed E-state index contributed by atoms with van der Waals surface area (Å²) in [4.78, 5) is 10.7. The summed E-state index contributed by atoms with van der Waals surface area (Å²) in [6, 6.07) is -0.284. The molecule has 0 saturated heterocycles. The molecule has 5 heteroatoms. The molecule has 0 aliphatic heterocycles. The van der Waals surface area contributed by atoms with E-state index in [9.17, 15) is 9.00 Å². The van der Waals surface area contributed by atoms with Crippen molar-refractivity contribution in [3.05, 3.63) is 0 Å². The Bertz CT molecular complexity index is 173. The van der Waals surface area contributed by atoms with E-state index in [4.69, 9.17) is 5.73 Å². The minimum atomic E-state index is -0.812. The van der Waals surface area contributed by atoms with Gasteiger partial charge in [-0.3, -0.25) is 9.00 Å². The lowest BCUT2D eigenvalue weighted by molar-refractivity contribution is -0.120. The predicted octanol–water partition coefficient (Wildman–Crippen LogP) is -0.782. The number of nitrogens with one attached hydrogen (secondary N) is 1. The van der Waals surface area contributed by atoms with Gasteiger partial charge in [-0.1, -0.05) is 6.92 Å². The molecule has 0 aromatic heterocycles. The molecule has 0 aromatic carbocycles. The molecular formula is C7H16N2O2S. The second kappa shape index (κ2) is 6.14. The molecule has 0 aliphatic rings. The van der Waals surface area contributed by atoms with E-state index in [0.717, 1.165) is 0 Å². The summed E-state index contributed by atoms with van der Waals surface area (Å²) >= 11 is 0. The van der Waals surface area contributed by atoms with E-state index in [2.05, 4.69) is 5.32 Å². The highest BCUT2D eigenvalue weighted by molar-refractivity contribution is 7.84. The average molecular weight is 192 g/mol. The van der Waals surface area contributed by atoms with Crippen molar-refractivity contribution in [3.63, 3.8) is 0 Å². The fourth-order valence-electron chi connectivity index (χ4n) is 0.823. The van der Waals surface area contributed by atoms with Gasteiger partial charge < -0.3 is 11.1 Å². The molecule has 72 valence electrons. The zero-order chi connectivity index (χ0) is 9.56. The van der Waals surface area contributed by atoms with Gasteiger partial charge in [0.1, 0.15) is 0 Å². The van der Waals surface area contributed by atoms with E-state index in [1.165, 1.54) is 0 Å². The largest absolute Gasteiger partial charge is 0.368 e. The number of amides is 1. The van der Waals surface area contributed by atoms with Crippen LogP contribution in [-0.2, 0) is 15.6 Å². The topological polar surface area (TPSA) is 72.2 Å². The lowest BCUT2D eigenvalue weighted by atomic mass is 10.2. The summed E-state index contributed by atoms with van der Waals surface area (Å²) < 4.78 is 10.6. The zero-order valence-electron chi connectivity index (χ0n) is 7.50. The summed E-state index contributed by atoms with van der Waals surface area (Å²) in [6.45, 7) is 2.45. The summed E-state index contributed by atoms with van der Waals surface area (Å²) in [5, 5.41) is 2.93. The molecule has 0 radical (unpaired) electrons. The highest BCUT2D eigenvalue weighted by Gasteiger charge is 2.10. The molecule has 0 spiro atoms. The van der Waals surface area contributed by atoms with Gasteiger partial charge >= 0.3 is 0 Å². The Labute approximate surface area is 75.4 Å². The molecular weight excluding hydrogens is 176 g/mol. The predicted molar refractivity (Wildman–Crippen MR) is 50.2 cm³/mol. The van der Waals surface area contributed by atoms with Gasteiger partial charge in [-0.15, -0.1) is 0 Å². The Hall–Kier alpha value is -0.420. The van der Waals surface area contributed by atoms with E-state index in [-0.39, 0.29) is 11.9 Å². The third kappa shape index (κ3) is 5.26. The molecule has 12 heavy (non-hydrogen) atoms. The van der Waals surface area contributed by atoms with Crippen molar-refractivity contribution in [1.82, 2.24) is 5.32 Å². The van der Waals surface area contributed by atoms with E-state index in [1.807, 2.05) is 6.92 Å². The first-order chi connectivity index (χ1) is 5.57. The second-order valence-corrected chi connectivity index (χ2v) is 4.15. The number of nitrogens with two attached hydrogens (primary N) is 1. The molecule has 0 saturated carbocycles. The van der Waals surface area contributed by atoms with Crippen molar-refractivity contribution in [2.45, 2.75) is 19.4 Å². The summed E-state index contributed by atoms with van der Waals surface area (Å²) in [5.41, 5.74) is 5.09. The van der Waals surface area contributed by atoms with Gasteiger partial charge in [0, 0.05) is 29.4 Å². The van der Waals surface area contributed by atoms with Crippen LogP contribution in [0.4, 0.5) is 0 Å². The molecule has 2 atom stereocenters. The number of rotatable bonds is 6.